The first kappa shape index (κ1) is 25.2. The van der Waals surface area contributed by atoms with Gasteiger partial charge in [-0.3, -0.25) is 4.72 Å². The smallest absolute Gasteiger partial charge is 0.319 e. The Morgan fingerprint density at radius 2 is 1.93 bits per heavy atom. The van der Waals surface area contributed by atoms with E-state index >= 15 is 0 Å². The molecule has 1 heterocycles. The van der Waals surface area contributed by atoms with Crippen molar-refractivity contribution in [2.24, 2.45) is 5.92 Å². The third-order valence-electron chi connectivity index (χ3n) is 4.90. The highest BCUT2D eigenvalue weighted by atomic mass is 35.5. The van der Waals surface area contributed by atoms with Crippen molar-refractivity contribution < 1.29 is 9.53 Å². The molecule has 0 aliphatic carbocycles. The van der Waals surface area contributed by atoms with Gasteiger partial charge in [-0.1, -0.05) is 47.8 Å². The molecule has 2 rings (SSSR count). The molecule has 1 saturated heterocycles. The minimum Gasteiger partial charge on any atom is -0.489 e. The number of likely N-dealkylation sites (tertiary alicyclic amines) is 1. The van der Waals surface area contributed by atoms with Crippen molar-refractivity contribution in [2.75, 3.05) is 33.8 Å². The molecule has 1 fully saturated rings. The molecule has 1 unspecified atom stereocenters. The number of urea groups is 1. The van der Waals surface area contributed by atoms with Crippen LogP contribution in [0.2, 0.25) is 10.0 Å². The topological polar surface area (TPSA) is 44.8 Å². The molecule has 1 N–H and O–H groups in total. The first-order valence-electron chi connectivity index (χ1n) is 10.2. The number of rotatable bonds is 7. The number of carbonyl (C=O) groups is 1. The van der Waals surface area contributed by atoms with Gasteiger partial charge in [0.15, 0.2) is 0 Å². The van der Waals surface area contributed by atoms with Crippen LogP contribution in [0.25, 0.3) is 0 Å². The van der Waals surface area contributed by atoms with Crippen LogP contribution in [0.3, 0.4) is 0 Å². The SMILES string of the molecule is C=CCOc1cc(Cl)c(Cl)cc1C(NSC(C)(C)C)C1CCN(C(=O)N(C)C)CC1. The highest BCUT2D eigenvalue weighted by molar-refractivity contribution is 7.98. The van der Waals surface area contributed by atoms with Crippen molar-refractivity contribution in [3.8, 4) is 5.75 Å². The first-order valence-corrected chi connectivity index (χ1v) is 11.7. The predicted octanol–water partition coefficient (Wildman–Crippen LogP) is 6.03. The van der Waals surface area contributed by atoms with Gasteiger partial charge in [-0.25, -0.2) is 4.79 Å². The van der Waals surface area contributed by atoms with E-state index in [2.05, 4.69) is 32.1 Å². The van der Waals surface area contributed by atoms with E-state index in [1.54, 1.807) is 43.1 Å². The van der Waals surface area contributed by atoms with Crippen LogP contribution in [0.15, 0.2) is 24.8 Å². The van der Waals surface area contributed by atoms with E-state index < -0.39 is 0 Å². The number of hydrogen-bond donors (Lipinski definition) is 1. The molecule has 1 aromatic rings. The normalized spacial score (nSPS) is 16.3. The Morgan fingerprint density at radius 1 is 1.33 bits per heavy atom. The molecule has 0 aromatic heterocycles. The number of nitrogens with one attached hydrogen (secondary N) is 1. The Hall–Kier alpha value is -1.08. The van der Waals surface area contributed by atoms with Crippen LogP contribution < -0.4 is 9.46 Å². The number of piperidine rings is 1. The van der Waals surface area contributed by atoms with Gasteiger partial charge < -0.3 is 14.5 Å². The number of benzene rings is 1. The second kappa shape index (κ2) is 11.0. The largest absolute Gasteiger partial charge is 0.489 e. The molecule has 0 radical (unpaired) electrons. The summed E-state index contributed by atoms with van der Waals surface area (Å²) in [5.41, 5.74) is 0.986. The Morgan fingerprint density at radius 3 is 2.47 bits per heavy atom. The standard InChI is InChI=1S/C22H33Cl2N3O2S/c1-7-12-29-19-14-18(24)17(23)13-16(19)20(25-30-22(2,3)4)15-8-10-27(11-9-15)21(28)26(5)6/h7,13-15,20,25H,1,8-12H2,2-6H3. The lowest BCUT2D eigenvalue weighted by Gasteiger charge is -2.38. The molecule has 1 atom stereocenters. The molecule has 168 valence electrons. The second-order valence-electron chi connectivity index (χ2n) is 8.72. The Kier molecular flexibility index (Phi) is 9.22. The summed E-state index contributed by atoms with van der Waals surface area (Å²) in [6.45, 7) is 12.1. The van der Waals surface area contributed by atoms with Crippen LogP contribution in [-0.2, 0) is 0 Å². The van der Waals surface area contributed by atoms with Gasteiger partial charge in [0.25, 0.3) is 0 Å². The number of hydrogen-bond acceptors (Lipinski definition) is 4. The monoisotopic (exact) mass is 473 g/mol. The van der Waals surface area contributed by atoms with Gasteiger partial charge in [0.1, 0.15) is 12.4 Å². The molecule has 30 heavy (non-hydrogen) atoms. The van der Waals surface area contributed by atoms with Crippen molar-refractivity contribution in [2.45, 2.75) is 44.4 Å². The number of halogens is 2. The molecule has 5 nitrogen and oxygen atoms in total. The van der Waals surface area contributed by atoms with E-state index in [-0.39, 0.29) is 16.8 Å². The van der Waals surface area contributed by atoms with E-state index in [0.29, 0.717) is 28.3 Å². The van der Waals surface area contributed by atoms with Crippen LogP contribution >= 0.6 is 35.1 Å². The fourth-order valence-corrected chi connectivity index (χ4v) is 4.55. The molecule has 1 aliphatic heterocycles. The van der Waals surface area contributed by atoms with Gasteiger partial charge >= 0.3 is 6.03 Å². The third-order valence-corrected chi connectivity index (χ3v) is 6.61. The van der Waals surface area contributed by atoms with Gasteiger partial charge in [-0.05, 0) is 45.6 Å². The number of carbonyl (C=O) groups excluding carboxylic acids is 1. The number of amides is 2. The van der Waals surface area contributed by atoms with Crippen molar-refractivity contribution in [1.29, 1.82) is 0 Å². The lowest BCUT2D eigenvalue weighted by atomic mass is 9.85. The van der Waals surface area contributed by atoms with Gasteiger partial charge in [-0.2, -0.15) is 0 Å². The van der Waals surface area contributed by atoms with E-state index in [9.17, 15) is 4.79 Å². The van der Waals surface area contributed by atoms with E-state index in [4.69, 9.17) is 27.9 Å². The zero-order valence-corrected chi connectivity index (χ0v) is 20.8. The fraction of sp³-hybridized carbons (Fsp3) is 0.591. The molecule has 0 saturated carbocycles. The number of ether oxygens (including phenoxy) is 1. The van der Waals surface area contributed by atoms with Crippen LogP contribution in [0.5, 0.6) is 5.75 Å². The average molecular weight is 474 g/mol. The molecular formula is C22H33Cl2N3O2S. The van der Waals surface area contributed by atoms with Crippen molar-refractivity contribution in [3.05, 3.63) is 40.4 Å². The lowest BCUT2D eigenvalue weighted by Crippen LogP contribution is -2.45. The highest BCUT2D eigenvalue weighted by Crippen LogP contribution is 2.41. The first-order chi connectivity index (χ1) is 14.0. The molecule has 2 amide bonds. The van der Waals surface area contributed by atoms with Crippen molar-refractivity contribution in [1.82, 2.24) is 14.5 Å². The van der Waals surface area contributed by atoms with E-state index in [1.165, 1.54) is 0 Å². The second-order valence-corrected chi connectivity index (χ2v) is 11.2. The summed E-state index contributed by atoms with van der Waals surface area (Å²) >= 11 is 14.4. The van der Waals surface area contributed by atoms with Gasteiger partial charge in [0.05, 0.1) is 10.0 Å². The van der Waals surface area contributed by atoms with Gasteiger partial charge in [0.2, 0.25) is 0 Å². The summed E-state index contributed by atoms with van der Waals surface area (Å²) in [6.07, 6.45) is 3.50. The van der Waals surface area contributed by atoms with E-state index in [0.717, 1.165) is 31.5 Å². The maximum atomic E-state index is 12.3. The lowest BCUT2D eigenvalue weighted by molar-refractivity contribution is 0.140. The zero-order valence-electron chi connectivity index (χ0n) is 18.5. The molecule has 1 aromatic carbocycles. The summed E-state index contributed by atoms with van der Waals surface area (Å²) in [7, 11) is 3.58. The van der Waals surface area contributed by atoms with Crippen molar-refractivity contribution >= 4 is 41.2 Å². The average Bonchev–Trinajstić information content (AvgIpc) is 2.68. The Balaban J connectivity index is 2.31. The summed E-state index contributed by atoms with van der Waals surface area (Å²) in [5.74, 6) is 1.04. The summed E-state index contributed by atoms with van der Waals surface area (Å²) in [4.78, 5) is 15.9. The maximum Gasteiger partial charge on any atom is 0.319 e. The van der Waals surface area contributed by atoms with Crippen LogP contribution in [0.4, 0.5) is 4.79 Å². The quantitative estimate of drug-likeness (QED) is 0.387. The fourth-order valence-electron chi connectivity index (χ4n) is 3.42. The van der Waals surface area contributed by atoms with Crippen LogP contribution in [0.1, 0.15) is 45.2 Å². The van der Waals surface area contributed by atoms with Crippen molar-refractivity contribution in [3.63, 3.8) is 0 Å². The minimum absolute atomic E-state index is 0.0143. The minimum atomic E-state index is 0.0143. The Bertz CT molecular complexity index is 745. The summed E-state index contributed by atoms with van der Waals surface area (Å²) < 4.78 is 9.65. The predicted molar refractivity (Wildman–Crippen MR) is 129 cm³/mol. The third kappa shape index (κ3) is 6.98. The van der Waals surface area contributed by atoms with Crippen LogP contribution in [0, 0.1) is 5.92 Å². The Labute approximate surface area is 195 Å². The number of nitrogens with zero attached hydrogens (tertiary/aromatic N) is 2. The van der Waals surface area contributed by atoms with E-state index in [1.807, 2.05) is 11.0 Å². The molecule has 0 bridgehead atoms. The molecular weight excluding hydrogens is 441 g/mol. The molecule has 0 spiro atoms. The summed E-state index contributed by atoms with van der Waals surface area (Å²) in [6, 6.07) is 3.76. The highest BCUT2D eigenvalue weighted by Gasteiger charge is 2.33. The summed E-state index contributed by atoms with van der Waals surface area (Å²) in [5, 5.41) is 0.971. The zero-order chi connectivity index (χ0) is 22.5. The molecule has 1 aliphatic rings. The van der Waals surface area contributed by atoms with Crippen LogP contribution in [-0.4, -0.2) is 54.4 Å². The molecule has 8 heteroatoms. The van der Waals surface area contributed by atoms with Gasteiger partial charge in [-0.15, -0.1) is 0 Å². The van der Waals surface area contributed by atoms with Gasteiger partial charge in [0, 0.05) is 49.6 Å². The maximum absolute atomic E-state index is 12.3.